The van der Waals surface area contributed by atoms with Gasteiger partial charge in [0.2, 0.25) is 11.1 Å². The normalized spacial score (nSPS) is 10.3. The van der Waals surface area contributed by atoms with E-state index in [9.17, 15) is 9.59 Å². The number of benzene rings is 2. The van der Waals surface area contributed by atoms with Crippen molar-refractivity contribution in [3.8, 4) is 11.4 Å². The van der Waals surface area contributed by atoms with Crippen molar-refractivity contribution < 1.29 is 14.6 Å². The number of carboxylic acid groups (broad SMARTS) is 1. The van der Waals surface area contributed by atoms with Crippen molar-refractivity contribution in [3.63, 3.8) is 0 Å². The lowest BCUT2D eigenvalue weighted by Crippen LogP contribution is -2.20. The van der Waals surface area contributed by atoms with Crippen LogP contribution in [-0.4, -0.2) is 20.9 Å². The summed E-state index contributed by atoms with van der Waals surface area (Å²) in [4.78, 5) is 22.5. The highest BCUT2D eigenvalue weighted by molar-refractivity contribution is 5.84. The summed E-state index contributed by atoms with van der Waals surface area (Å²) >= 11 is 0. The zero-order valence-electron chi connectivity index (χ0n) is 12.6. The van der Waals surface area contributed by atoms with Crippen LogP contribution in [0, 0.1) is 0 Å². The first-order valence-corrected chi connectivity index (χ1v) is 7.24. The fourth-order valence-corrected chi connectivity index (χ4v) is 2.16. The molecule has 0 aliphatic carbocycles. The highest BCUT2D eigenvalue weighted by atomic mass is 16.5. The summed E-state index contributed by atoms with van der Waals surface area (Å²) in [6.45, 7) is 0.419. The van der Waals surface area contributed by atoms with Gasteiger partial charge in [0.25, 0.3) is 0 Å². The Morgan fingerprint density at radius 2 is 1.88 bits per heavy atom. The molecule has 6 nitrogen and oxygen atoms in total. The molecule has 0 radical (unpaired) electrons. The van der Waals surface area contributed by atoms with E-state index in [4.69, 9.17) is 9.84 Å². The van der Waals surface area contributed by atoms with E-state index in [0.717, 1.165) is 5.56 Å². The van der Waals surface area contributed by atoms with Gasteiger partial charge in [-0.25, -0.2) is 9.48 Å². The van der Waals surface area contributed by atoms with Crippen LogP contribution in [0.4, 0.5) is 0 Å². The first-order chi connectivity index (χ1) is 11.6. The fourth-order valence-electron chi connectivity index (χ4n) is 2.16. The molecule has 1 aromatic heterocycles. The highest BCUT2D eigenvalue weighted by Crippen LogP contribution is 2.17. The number of carbonyl (C=O) groups is 1. The Kier molecular flexibility index (Phi) is 4.38. The summed E-state index contributed by atoms with van der Waals surface area (Å²) in [6.07, 6.45) is 1.42. The highest BCUT2D eigenvalue weighted by Gasteiger charge is 2.11. The number of aromatic nitrogens is 2. The summed E-state index contributed by atoms with van der Waals surface area (Å²) in [5.74, 6) is -0.737. The smallest absolute Gasteiger partial charge is 0.360 e. The lowest BCUT2D eigenvalue weighted by Gasteiger charge is -2.10. The van der Waals surface area contributed by atoms with Crippen molar-refractivity contribution in [3.05, 3.63) is 88.3 Å². The summed E-state index contributed by atoms with van der Waals surface area (Å²) in [6, 6.07) is 18.0. The van der Waals surface area contributed by atoms with Gasteiger partial charge in [0.1, 0.15) is 12.4 Å². The van der Waals surface area contributed by atoms with E-state index in [1.54, 1.807) is 24.3 Å². The fraction of sp³-hybridized carbons (Fsp3) is 0.0556. The molecule has 0 saturated heterocycles. The van der Waals surface area contributed by atoms with Crippen molar-refractivity contribution in [2.24, 2.45) is 0 Å². The largest absolute Gasteiger partial charge is 0.489 e. The molecule has 1 heterocycles. The Hall–Kier alpha value is -3.41. The molecule has 6 heteroatoms. The van der Waals surface area contributed by atoms with Gasteiger partial charge in [-0.15, -0.1) is 0 Å². The van der Waals surface area contributed by atoms with E-state index >= 15 is 0 Å². The van der Waals surface area contributed by atoms with Gasteiger partial charge >= 0.3 is 5.97 Å². The number of rotatable bonds is 5. The maximum absolute atomic E-state index is 11.5. The predicted octanol–water partition coefficient (Wildman–Crippen LogP) is 2.51. The number of hydrogen-bond donors (Lipinski definition) is 1. The molecule has 24 heavy (non-hydrogen) atoms. The van der Waals surface area contributed by atoms with Gasteiger partial charge in [0, 0.05) is 18.3 Å². The van der Waals surface area contributed by atoms with Gasteiger partial charge in [-0.3, -0.25) is 4.79 Å². The summed E-state index contributed by atoms with van der Waals surface area (Å²) < 4.78 is 7.07. The van der Waals surface area contributed by atoms with Crippen LogP contribution in [0.5, 0.6) is 5.75 Å². The first-order valence-electron chi connectivity index (χ1n) is 7.24. The van der Waals surface area contributed by atoms with Gasteiger partial charge < -0.3 is 9.84 Å². The topological polar surface area (TPSA) is 81.4 Å². The van der Waals surface area contributed by atoms with Crippen LogP contribution < -0.4 is 10.2 Å². The molecule has 3 aromatic rings. The second-order valence-electron chi connectivity index (χ2n) is 5.05. The zero-order chi connectivity index (χ0) is 16.9. The molecule has 0 amide bonds. The van der Waals surface area contributed by atoms with E-state index < -0.39 is 17.1 Å². The van der Waals surface area contributed by atoms with Crippen molar-refractivity contribution in [1.29, 1.82) is 0 Å². The van der Waals surface area contributed by atoms with Crippen molar-refractivity contribution in [1.82, 2.24) is 9.78 Å². The zero-order valence-corrected chi connectivity index (χ0v) is 12.6. The third kappa shape index (κ3) is 3.49. The number of carboxylic acids is 1. The molecule has 0 fully saturated rings. The summed E-state index contributed by atoms with van der Waals surface area (Å²) in [5, 5.41) is 12.9. The van der Waals surface area contributed by atoms with E-state index in [-0.39, 0.29) is 0 Å². The van der Waals surface area contributed by atoms with Crippen molar-refractivity contribution in [2.45, 2.75) is 6.61 Å². The second kappa shape index (κ2) is 6.78. The molecule has 0 saturated carbocycles. The van der Waals surface area contributed by atoms with Crippen molar-refractivity contribution in [2.75, 3.05) is 0 Å². The maximum atomic E-state index is 11.5. The van der Waals surface area contributed by atoms with Gasteiger partial charge in [0.05, 0.1) is 5.69 Å². The molecule has 3 rings (SSSR count). The number of aromatic carboxylic acids is 1. The minimum Gasteiger partial charge on any atom is -0.489 e. The molecule has 0 atom stereocenters. The van der Waals surface area contributed by atoms with E-state index in [0.29, 0.717) is 18.0 Å². The predicted molar refractivity (Wildman–Crippen MR) is 87.6 cm³/mol. The van der Waals surface area contributed by atoms with Crippen LogP contribution >= 0.6 is 0 Å². The van der Waals surface area contributed by atoms with E-state index in [2.05, 4.69) is 5.10 Å². The van der Waals surface area contributed by atoms with Gasteiger partial charge in [-0.05, 0) is 17.7 Å². The second-order valence-corrected chi connectivity index (χ2v) is 5.05. The van der Waals surface area contributed by atoms with E-state index in [1.165, 1.54) is 16.9 Å². The molecular formula is C18H14N2O4. The number of nitrogens with zero attached hydrogens (tertiary/aromatic N) is 2. The third-order valence-electron chi connectivity index (χ3n) is 3.34. The quantitative estimate of drug-likeness (QED) is 0.780. The molecule has 1 N–H and O–H groups in total. The Morgan fingerprint density at radius 1 is 1.08 bits per heavy atom. The SMILES string of the molecule is O=C(O)c1nn(-c2cccc(OCc3ccccc3)c2)ccc1=O. The molecule has 2 aromatic carbocycles. The Bertz CT molecular complexity index is 920. The third-order valence-corrected chi connectivity index (χ3v) is 3.34. The number of hydrogen-bond acceptors (Lipinski definition) is 4. The lowest BCUT2D eigenvalue weighted by molar-refractivity contribution is 0.0687. The molecular weight excluding hydrogens is 308 g/mol. The Balaban J connectivity index is 1.84. The maximum Gasteiger partial charge on any atom is 0.360 e. The summed E-state index contributed by atoms with van der Waals surface area (Å²) in [7, 11) is 0. The standard InChI is InChI=1S/C18H14N2O4/c21-16-9-10-20(19-17(16)18(22)23)14-7-4-8-15(11-14)24-12-13-5-2-1-3-6-13/h1-11H,12H2,(H,22,23). The first kappa shape index (κ1) is 15.5. The average molecular weight is 322 g/mol. The van der Waals surface area contributed by atoms with Crippen LogP contribution in [0.25, 0.3) is 5.69 Å². The molecule has 120 valence electrons. The van der Waals surface area contributed by atoms with E-state index in [1.807, 2.05) is 30.3 Å². The van der Waals surface area contributed by atoms with Crippen LogP contribution in [0.3, 0.4) is 0 Å². The van der Waals surface area contributed by atoms with Crippen LogP contribution in [0.2, 0.25) is 0 Å². The minimum absolute atomic E-state index is 0.419. The summed E-state index contributed by atoms with van der Waals surface area (Å²) in [5.41, 5.74) is 0.490. The minimum atomic E-state index is -1.36. The number of ether oxygens (including phenoxy) is 1. The molecule has 0 spiro atoms. The van der Waals surface area contributed by atoms with Gasteiger partial charge in [-0.1, -0.05) is 36.4 Å². The monoisotopic (exact) mass is 322 g/mol. The average Bonchev–Trinajstić information content (AvgIpc) is 2.61. The molecule has 0 bridgehead atoms. The van der Waals surface area contributed by atoms with Crippen LogP contribution in [0.15, 0.2) is 71.7 Å². The van der Waals surface area contributed by atoms with Gasteiger partial charge in [0.15, 0.2) is 0 Å². The Labute approximate surface area is 137 Å². The van der Waals surface area contributed by atoms with Crippen LogP contribution in [0.1, 0.15) is 16.1 Å². The molecule has 0 unspecified atom stereocenters. The molecule has 0 aliphatic rings. The van der Waals surface area contributed by atoms with Crippen molar-refractivity contribution >= 4 is 5.97 Å². The van der Waals surface area contributed by atoms with Crippen LogP contribution in [-0.2, 0) is 6.61 Å². The Morgan fingerprint density at radius 3 is 2.62 bits per heavy atom. The lowest BCUT2D eigenvalue weighted by atomic mass is 10.2. The van der Waals surface area contributed by atoms with Gasteiger partial charge in [-0.2, -0.15) is 5.10 Å². The molecule has 0 aliphatic heterocycles.